The van der Waals surface area contributed by atoms with E-state index >= 15 is 0 Å². The summed E-state index contributed by atoms with van der Waals surface area (Å²) in [6, 6.07) is 5.00. The normalized spacial score (nSPS) is 12.4. The predicted octanol–water partition coefficient (Wildman–Crippen LogP) is 4.97. The van der Waals surface area contributed by atoms with Gasteiger partial charge in [-0.2, -0.15) is 0 Å². The molecule has 2 nitrogen and oxygen atoms in total. The maximum atomic E-state index is 13.5. The fourth-order valence-electron chi connectivity index (χ4n) is 2.04. The van der Waals surface area contributed by atoms with Crippen LogP contribution in [0.4, 0.5) is 8.78 Å². The van der Waals surface area contributed by atoms with Gasteiger partial charge in [-0.15, -0.1) is 0 Å². The SMILES string of the molecule is CCCNC(c1cc(F)cc(F)c1)c1ncc(Br)cc1Br. The molecule has 1 aromatic carbocycles. The topological polar surface area (TPSA) is 24.9 Å². The van der Waals surface area contributed by atoms with E-state index in [1.165, 1.54) is 12.1 Å². The summed E-state index contributed by atoms with van der Waals surface area (Å²) in [5.41, 5.74) is 1.20. The molecule has 1 atom stereocenters. The lowest BCUT2D eigenvalue weighted by atomic mass is 10.0. The fourth-order valence-corrected chi connectivity index (χ4v) is 3.26. The maximum absolute atomic E-state index is 13.5. The highest BCUT2D eigenvalue weighted by atomic mass is 79.9. The molecule has 1 heterocycles. The summed E-state index contributed by atoms with van der Waals surface area (Å²) < 4.78 is 28.6. The van der Waals surface area contributed by atoms with Gasteiger partial charge in [-0.1, -0.05) is 6.92 Å². The molecular weight excluding hydrogens is 406 g/mol. The Morgan fingerprint density at radius 1 is 1.14 bits per heavy atom. The van der Waals surface area contributed by atoms with Crippen LogP contribution >= 0.6 is 31.9 Å². The van der Waals surface area contributed by atoms with Gasteiger partial charge in [0.1, 0.15) is 11.6 Å². The highest BCUT2D eigenvalue weighted by molar-refractivity contribution is 9.11. The number of hydrogen-bond donors (Lipinski definition) is 1. The molecule has 0 spiro atoms. The summed E-state index contributed by atoms with van der Waals surface area (Å²) in [4.78, 5) is 4.37. The van der Waals surface area contributed by atoms with Crippen LogP contribution in [0.25, 0.3) is 0 Å². The molecule has 0 aliphatic carbocycles. The van der Waals surface area contributed by atoms with Gasteiger partial charge in [-0.3, -0.25) is 4.98 Å². The Balaban J connectivity index is 2.46. The maximum Gasteiger partial charge on any atom is 0.126 e. The molecule has 0 fully saturated rings. The third-order valence-electron chi connectivity index (χ3n) is 2.93. The van der Waals surface area contributed by atoms with E-state index in [2.05, 4.69) is 42.2 Å². The van der Waals surface area contributed by atoms with Gasteiger partial charge in [0, 0.05) is 21.2 Å². The van der Waals surface area contributed by atoms with Gasteiger partial charge in [0.05, 0.1) is 11.7 Å². The lowest BCUT2D eigenvalue weighted by Crippen LogP contribution is -2.24. The van der Waals surface area contributed by atoms with Crippen LogP contribution in [0.3, 0.4) is 0 Å². The zero-order valence-corrected chi connectivity index (χ0v) is 14.5. The zero-order valence-electron chi connectivity index (χ0n) is 11.3. The van der Waals surface area contributed by atoms with Crippen molar-refractivity contribution < 1.29 is 8.78 Å². The van der Waals surface area contributed by atoms with E-state index in [1.54, 1.807) is 6.20 Å². The molecule has 21 heavy (non-hydrogen) atoms. The van der Waals surface area contributed by atoms with Crippen molar-refractivity contribution in [1.29, 1.82) is 0 Å². The first-order valence-corrected chi connectivity index (χ1v) is 8.10. The molecule has 1 unspecified atom stereocenters. The molecule has 0 aliphatic heterocycles. The van der Waals surface area contributed by atoms with Crippen LogP contribution in [0.15, 0.2) is 39.4 Å². The quantitative estimate of drug-likeness (QED) is 0.739. The van der Waals surface area contributed by atoms with E-state index in [0.29, 0.717) is 17.8 Å². The molecule has 0 aliphatic rings. The summed E-state index contributed by atoms with van der Waals surface area (Å²) in [5, 5.41) is 3.28. The average molecular weight is 420 g/mol. The van der Waals surface area contributed by atoms with Crippen LogP contribution < -0.4 is 5.32 Å². The van der Waals surface area contributed by atoms with Crippen molar-refractivity contribution in [3.05, 3.63) is 62.3 Å². The van der Waals surface area contributed by atoms with Crippen LogP contribution in [-0.4, -0.2) is 11.5 Å². The van der Waals surface area contributed by atoms with Gasteiger partial charge >= 0.3 is 0 Å². The Kier molecular flexibility index (Phi) is 5.84. The standard InChI is InChI=1S/C15H14Br2F2N2/c1-2-3-20-14(9-4-11(18)7-12(19)5-9)15-13(17)6-10(16)8-21-15/h4-8,14,20H,2-3H2,1H3. The highest BCUT2D eigenvalue weighted by Gasteiger charge is 2.19. The highest BCUT2D eigenvalue weighted by Crippen LogP contribution is 2.29. The van der Waals surface area contributed by atoms with Crippen LogP contribution in [0.1, 0.15) is 30.6 Å². The smallest absolute Gasteiger partial charge is 0.126 e. The minimum atomic E-state index is -0.596. The number of hydrogen-bond acceptors (Lipinski definition) is 2. The van der Waals surface area contributed by atoms with E-state index in [0.717, 1.165) is 21.4 Å². The Morgan fingerprint density at radius 2 is 1.81 bits per heavy atom. The second-order valence-electron chi connectivity index (χ2n) is 4.61. The van der Waals surface area contributed by atoms with Gasteiger partial charge in [-0.25, -0.2) is 8.78 Å². The first kappa shape index (κ1) is 16.5. The molecule has 2 rings (SSSR count). The van der Waals surface area contributed by atoms with Gasteiger partial charge in [0.25, 0.3) is 0 Å². The number of nitrogens with zero attached hydrogens (tertiary/aromatic N) is 1. The first-order chi connectivity index (χ1) is 10.0. The molecule has 0 saturated heterocycles. The molecule has 112 valence electrons. The van der Waals surface area contributed by atoms with E-state index in [4.69, 9.17) is 0 Å². The largest absolute Gasteiger partial charge is 0.305 e. The minimum Gasteiger partial charge on any atom is -0.305 e. The number of aromatic nitrogens is 1. The van der Waals surface area contributed by atoms with E-state index < -0.39 is 11.6 Å². The number of pyridine rings is 1. The summed E-state index contributed by atoms with van der Waals surface area (Å²) in [5.74, 6) is -1.19. The molecular formula is C15H14Br2F2N2. The van der Waals surface area contributed by atoms with Gasteiger partial charge in [0.15, 0.2) is 0 Å². The molecule has 1 N–H and O–H groups in total. The van der Waals surface area contributed by atoms with E-state index in [1.807, 2.05) is 13.0 Å². The Labute approximate surface area is 139 Å². The molecule has 0 bridgehead atoms. The third kappa shape index (κ3) is 4.31. The van der Waals surface area contributed by atoms with Crippen molar-refractivity contribution in [3.63, 3.8) is 0 Å². The van der Waals surface area contributed by atoms with Crippen LogP contribution in [-0.2, 0) is 0 Å². The van der Waals surface area contributed by atoms with Crippen LogP contribution in [0.5, 0.6) is 0 Å². The summed E-state index contributed by atoms with van der Waals surface area (Å²) in [6.07, 6.45) is 2.57. The van der Waals surface area contributed by atoms with E-state index in [-0.39, 0.29) is 6.04 Å². The zero-order chi connectivity index (χ0) is 15.4. The first-order valence-electron chi connectivity index (χ1n) is 6.51. The number of halogens is 4. The summed E-state index contributed by atoms with van der Waals surface area (Å²) in [6.45, 7) is 2.74. The van der Waals surface area contributed by atoms with E-state index in [9.17, 15) is 8.78 Å². The Hall–Kier alpha value is -0.850. The van der Waals surface area contributed by atoms with Crippen LogP contribution in [0, 0.1) is 11.6 Å². The number of rotatable bonds is 5. The van der Waals surface area contributed by atoms with Crippen molar-refractivity contribution >= 4 is 31.9 Å². The van der Waals surface area contributed by atoms with Crippen molar-refractivity contribution in [3.8, 4) is 0 Å². The Bertz CT molecular complexity index is 615. The average Bonchev–Trinajstić information content (AvgIpc) is 2.40. The monoisotopic (exact) mass is 418 g/mol. The summed E-state index contributed by atoms with van der Waals surface area (Å²) >= 11 is 6.80. The molecule has 6 heteroatoms. The lowest BCUT2D eigenvalue weighted by Gasteiger charge is -2.20. The predicted molar refractivity (Wildman–Crippen MR) is 86.1 cm³/mol. The minimum absolute atomic E-state index is 0.377. The number of nitrogens with one attached hydrogen (secondary N) is 1. The summed E-state index contributed by atoms with van der Waals surface area (Å²) in [7, 11) is 0. The Morgan fingerprint density at radius 3 is 2.38 bits per heavy atom. The van der Waals surface area contributed by atoms with Crippen molar-refractivity contribution in [1.82, 2.24) is 10.3 Å². The second-order valence-corrected chi connectivity index (χ2v) is 6.38. The molecule has 0 saturated carbocycles. The van der Waals surface area contributed by atoms with Crippen molar-refractivity contribution in [2.75, 3.05) is 6.54 Å². The molecule has 0 amide bonds. The van der Waals surface area contributed by atoms with Gasteiger partial charge in [0.2, 0.25) is 0 Å². The van der Waals surface area contributed by atoms with Gasteiger partial charge in [-0.05, 0) is 68.6 Å². The number of benzene rings is 1. The van der Waals surface area contributed by atoms with Crippen LogP contribution in [0.2, 0.25) is 0 Å². The molecule has 0 radical (unpaired) electrons. The van der Waals surface area contributed by atoms with Gasteiger partial charge < -0.3 is 5.32 Å². The van der Waals surface area contributed by atoms with Crippen molar-refractivity contribution in [2.45, 2.75) is 19.4 Å². The molecule has 2 aromatic rings. The lowest BCUT2D eigenvalue weighted by molar-refractivity contribution is 0.552. The van der Waals surface area contributed by atoms with Crippen molar-refractivity contribution in [2.24, 2.45) is 0 Å². The fraction of sp³-hybridized carbons (Fsp3) is 0.267. The third-order valence-corrected chi connectivity index (χ3v) is 4.00. The molecule has 1 aromatic heterocycles. The second kappa shape index (κ2) is 7.42.